The highest BCUT2D eigenvalue weighted by Crippen LogP contribution is 2.38. The molecular formula is C21H23FN4O2. The minimum atomic E-state index is -0.296. The fourth-order valence-corrected chi connectivity index (χ4v) is 3.18. The number of hydrogen-bond acceptors (Lipinski definition) is 6. The summed E-state index contributed by atoms with van der Waals surface area (Å²) in [6.45, 7) is 3.15. The van der Waals surface area contributed by atoms with Gasteiger partial charge in [0.25, 0.3) is 0 Å². The number of halogens is 1. The van der Waals surface area contributed by atoms with Gasteiger partial charge in [0.1, 0.15) is 30.7 Å². The van der Waals surface area contributed by atoms with Gasteiger partial charge in [-0.25, -0.2) is 14.4 Å². The molecule has 0 bridgehead atoms. The Morgan fingerprint density at radius 1 is 1.21 bits per heavy atom. The van der Waals surface area contributed by atoms with Gasteiger partial charge < -0.3 is 19.7 Å². The standard InChI is InChI=1S/C21H23FN4O2/c1-13-5-4-6-16(20(13)22)25-21-15-9-18-19(10-17(15)23-12-24-21)28-14(11-27-18)7-8-26(2)3/h4-6,9-10,12,14H,7-8,11H2,1-3H3,(H,23,24,25). The van der Waals surface area contributed by atoms with Gasteiger partial charge in [0.15, 0.2) is 11.5 Å². The van der Waals surface area contributed by atoms with Crippen LogP contribution in [0.4, 0.5) is 15.9 Å². The number of fused-ring (bicyclic) bond motifs is 2. The Bertz CT molecular complexity index is 1010. The van der Waals surface area contributed by atoms with Gasteiger partial charge in [-0.05, 0) is 38.7 Å². The molecule has 1 atom stereocenters. The van der Waals surface area contributed by atoms with Crippen molar-refractivity contribution in [3.63, 3.8) is 0 Å². The Morgan fingerprint density at radius 2 is 2.07 bits per heavy atom. The van der Waals surface area contributed by atoms with Gasteiger partial charge in [0.05, 0.1) is 11.2 Å². The van der Waals surface area contributed by atoms with E-state index in [-0.39, 0.29) is 11.9 Å². The molecule has 0 saturated heterocycles. The summed E-state index contributed by atoms with van der Waals surface area (Å²) in [5.41, 5.74) is 1.65. The van der Waals surface area contributed by atoms with Crippen molar-refractivity contribution in [1.29, 1.82) is 0 Å². The number of hydrogen-bond donors (Lipinski definition) is 1. The van der Waals surface area contributed by atoms with Gasteiger partial charge >= 0.3 is 0 Å². The highest BCUT2D eigenvalue weighted by atomic mass is 19.1. The second kappa shape index (κ2) is 7.59. The zero-order valence-corrected chi connectivity index (χ0v) is 16.2. The molecule has 6 nitrogen and oxygen atoms in total. The molecule has 1 aliphatic heterocycles. The number of aromatic nitrogens is 2. The lowest BCUT2D eigenvalue weighted by atomic mass is 10.1. The number of nitrogens with one attached hydrogen (secondary N) is 1. The van der Waals surface area contributed by atoms with Crippen molar-refractivity contribution >= 4 is 22.4 Å². The van der Waals surface area contributed by atoms with Crippen LogP contribution >= 0.6 is 0 Å². The largest absolute Gasteiger partial charge is 0.486 e. The van der Waals surface area contributed by atoms with Crippen LogP contribution < -0.4 is 14.8 Å². The first-order valence-corrected chi connectivity index (χ1v) is 9.26. The number of benzene rings is 2. The zero-order valence-electron chi connectivity index (χ0n) is 16.2. The Kier molecular flexibility index (Phi) is 5.00. The quantitative estimate of drug-likeness (QED) is 0.722. The normalized spacial score (nSPS) is 15.8. The third-order valence-corrected chi connectivity index (χ3v) is 4.76. The number of anilines is 2. The highest BCUT2D eigenvalue weighted by Gasteiger charge is 2.23. The van der Waals surface area contributed by atoms with Crippen LogP contribution in [0.15, 0.2) is 36.7 Å². The number of rotatable bonds is 5. The van der Waals surface area contributed by atoms with Crippen LogP contribution in [0.1, 0.15) is 12.0 Å². The zero-order chi connectivity index (χ0) is 19.7. The minimum Gasteiger partial charge on any atom is -0.486 e. The van der Waals surface area contributed by atoms with Gasteiger partial charge in [0.2, 0.25) is 0 Å². The maximum atomic E-state index is 14.4. The molecule has 2 aromatic carbocycles. The average molecular weight is 382 g/mol. The molecule has 0 aliphatic carbocycles. The van der Waals surface area contributed by atoms with Crippen LogP contribution in [0.25, 0.3) is 10.9 Å². The molecule has 0 spiro atoms. The van der Waals surface area contributed by atoms with Crippen molar-refractivity contribution in [3.8, 4) is 11.5 Å². The Morgan fingerprint density at radius 3 is 2.89 bits per heavy atom. The van der Waals surface area contributed by atoms with Gasteiger partial charge in [0, 0.05) is 24.4 Å². The minimum absolute atomic E-state index is 0.00757. The summed E-state index contributed by atoms with van der Waals surface area (Å²) in [7, 11) is 4.07. The second-order valence-electron chi connectivity index (χ2n) is 7.24. The molecule has 1 N–H and O–H groups in total. The van der Waals surface area contributed by atoms with Crippen molar-refractivity contribution in [3.05, 3.63) is 48.0 Å². The average Bonchev–Trinajstić information content (AvgIpc) is 2.68. The van der Waals surface area contributed by atoms with E-state index in [4.69, 9.17) is 9.47 Å². The fourth-order valence-electron chi connectivity index (χ4n) is 3.18. The van der Waals surface area contributed by atoms with Crippen molar-refractivity contribution in [2.75, 3.05) is 32.6 Å². The first kappa shape index (κ1) is 18.4. The van der Waals surface area contributed by atoms with Crippen LogP contribution in [-0.2, 0) is 0 Å². The van der Waals surface area contributed by atoms with Crippen molar-refractivity contribution in [2.24, 2.45) is 0 Å². The smallest absolute Gasteiger partial charge is 0.163 e. The SMILES string of the molecule is Cc1cccc(Nc2ncnc3cc4c(cc23)OCC(CCN(C)C)O4)c1F. The van der Waals surface area contributed by atoms with Crippen molar-refractivity contribution in [1.82, 2.24) is 14.9 Å². The predicted molar refractivity (Wildman–Crippen MR) is 107 cm³/mol. The van der Waals surface area contributed by atoms with E-state index in [0.717, 1.165) is 18.4 Å². The van der Waals surface area contributed by atoms with E-state index in [0.29, 0.717) is 40.7 Å². The lowest BCUT2D eigenvalue weighted by Gasteiger charge is -2.27. The first-order chi connectivity index (χ1) is 13.5. The van der Waals surface area contributed by atoms with Crippen LogP contribution in [0, 0.1) is 12.7 Å². The summed E-state index contributed by atoms with van der Waals surface area (Å²) >= 11 is 0. The van der Waals surface area contributed by atoms with Crippen molar-refractivity contribution in [2.45, 2.75) is 19.4 Å². The number of aryl methyl sites for hydroxylation is 1. The molecule has 28 heavy (non-hydrogen) atoms. The summed E-state index contributed by atoms with van der Waals surface area (Å²) in [6, 6.07) is 8.92. The summed E-state index contributed by atoms with van der Waals surface area (Å²) in [4.78, 5) is 10.8. The summed E-state index contributed by atoms with van der Waals surface area (Å²) in [5, 5.41) is 3.82. The molecule has 0 saturated carbocycles. The maximum Gasteiger partial charge on any atom is 0.163 e. The van der Waals surface area contributed by atoms with E-state index >= 15 is 0 Å². The van der Waals surface area contributed by atoms with Gasteiger partial charge in [-0.3, -0.25) is 0 Å². The lowest BCUT2D eigenvalue weighted by molar-refractivity contribution is 0.0796. The molecule has 7 heteroatoms. The van der Waals surface area contributed by atoms with E-state index in [1.54, 1.807) is 25.1 Å². The van der Waals surface area contributed by atoms with Gasteiger partial charge in [-0.15, -0.1) is 0 Å². The molecule has 146 valence electrons. The van der Waals surface area contributed by atoms with Gasteiger partial charge in [-0.1, -0.05) is 12.1 Å². The fraction of sp³-hybridized carbons (Fsp3) is 0.333. The summed E-state index contributed by atoms with van der Waals surface area (Å²) in [5.74, 6) is 1.55. The topological polar surface area (TPSA) is 59.5 Å². The Labute approximate surface area is 163 Å². The van der Waals surface area contributed by atoms with E-state index in [1.807, 2.05) is 26.2 Å². The molecule has 1 aliphatic rings. The van der Waals surface area contributed by atoms with Crippen LogP contribution in [0.5, 0.6) is 11.5 Å². The predicted octanol–water partition coefficient (Wildman–Crippen LogP) is 3.91. The van der Waals surface area contributed by atoms with E-state index in [1.165, 1.54) is 6.33 Å². The monoisotopic (exact) mass is 382 g/mol. The van der Waals surface area contributed by atoms with E-state index in [9.17, 15) is 4.39 Å². The van der Waals surface area contributed by atoms with Crippen LogP contribution in [0.3, 0.4) is 0 Å². The molecule has 0 amide bonds. The highest BCUT2D eigenvalue weighted by molar-refractivity contribution is 5.93. The second-order valence-corrected chi connectivity index (χ2v) is 7.24. The molecule has 1 aromatic heterocycles. The first-order valence-electron chi connectivity index (χ1n) is 9.26. The number of nitrogens with zero attached hydrogens (tertiary/aromatic N) is 3. The molecule has 4 rings (SSSR count). The third-order valence-electron chi connectivity index (χ3n) is 4.76. The number of ether oxygens (including phenoxy) is 2. The van der Waals surface area contributed by atoms with E-state index < -0.39 is 0 Å². The molecular weight excluding hydrogens is 359 g/mol. The molecule has 0 fully saturated rings. The Hall–Kier alpha value is -2.93. The lowest BCUT2D eigenvalue weighted by Crippen LogP contribution is -2.32. The van der Waals surface area contributed by atoms with Gasteiger partial charge in [-0.2, -0.15) is 0 Å². The molecule has 3 aromatic rings. The molecule has 0 radical (unpaired) electrons. The molecule has 2 heterocycles. The molecule has 1 unspecified atom stereocenters. The van der Waals surface area contributed by atoms with E-state index in [2.05, 4.69) is 20.2 Å². The summed E-state index contributed by atoms with van der Waals surface area (Å²) in [6.07, 6.45) is 2.35. The van der Waals surface area contributed by atoms with Crippen molar-refractivity contribution < 1.29 is 13.9 Å². The van der Waals surface area contributed by atoms with Crippen LogP contribution in [0.2, 0.25) is 0 Å². The maximum absolute atomic E-state index is 14.4. The third kappa shape index (κ3) is 3.71. The Balaban J connectivity index is 1.64. The van der Waals surface area contributed by atoms with Crippen LogP contribution in [-0.4, -0.2) is 48.2 Å². The summed E-state index contributed by atoms with van der Waals surface area (Å²) < 4.78 is 26.4.